The summed E-state index contributed by atoms with van der Waals surface area (Å²) in [7, 11) is 0. The fraction of sp³-hybridized carbons (Fsp3) is 0.0909. The van der Waals surface area contributed by atoms with Gasteiger partial charge in [-0.15, -0.1) is 0 Å². The smallest absolute Gasteiger partial charge is 0.144 e. The van der Waals surface area contributed by atoms with E-state index in [1.165, 1.54) is 0 Å². The maximum Gasteiger partial charge on any atom is 0.144 e. The van der Waals surface area contributed by atoms with Crippen LogP contribution in [0.2, 0.25) is 0 Å². The predicted molar refractivity (Wildman–Crippen MR) is 81.6 cm³/mol. The quantitative estimate of drug-likeness (QED) is 0.703. The number of phenolic OH excluding ortho intramolecular Hbond substituents is 1. The first-order valence-electron chi connectivity index (χ1n) is 4.66. The van der Waals surface area contributed by atoms with Crippen molar-refractivity contribution < 1.29 is 5.11 Å². The third-order valence-electron chi connectivity index (χ3n) is 2.39. The van der Waals surface area contributed by atoms with E-state index in [4.69, 9.17) is 5.73 Å². The van der Waals surface area contributed by atoms with Crippen molar-refractivity contribution in [2.45, 2.75) is 6.04 Å². The van der Waals surface area contributed by atoms with E-state index in [9.17, 15) is 5.11 Å². The van der Waals surface area contributed by atoms with Gasteiger partial charge in [-0.3, -0.25) is 0 Å². The summed E-state index contributed by atoms with van der Waals surface area (Å²) in [6, 6.07) is 3.50. The lowest BCUT2D eigenvalue weighted by Crippen LogP contribution is -2.12. The topological polar surface area (TPSA) is 46.2 Å². The first kappa shape index (κ1) is 13.5. The maximum absolute atomic E-state index is 9.89. The van der Waals surface area contributed by atoms with Gasteiger partial charge in [0, 0.05) is 10.0 Å². The molecule has 0 amide bonds. The highest BCUT2D eigenvalue weighted by atomic mass is 79.9. The van der Waals surface area contributed by atoms with Crippen LogP contribution in [-0.4, -0.2) is 5.11 Å². The van der Waals surface area contributed by atoms with Crippen LogP contribution < -0.4 is 5.73 Å². The fourth-order valence-corrected chi connectivity index (χ4v) is 4.81. The minimum Gasteiger partial charge on any atom is -0.506 e. The van der Waals surface area contributed by atoms with E-state index < -0.39 is 0 Å². The molecule has 0 unspecified atom stereocenters. The van der Waals surface area contributed by atoms with Gasteiger partial charge in [0.2, 0.25) is 0 Å². The Hall–Kier alpha value is 0.120. The second-order valence-electron chi connectivity index (χ2n) is 3.45. The van der Waals surface area contributed by atoms with Crippen molar-refractivity contribution in [1.29, 1.82) is 0 Å². The van der Waals surface area contributed by atoms with Crippen LogP contribution in [0.3, 0.4) is 0 Å². The van der Waals surface area contributed by atoms with Crippen molar-refractivity contribution in [3.63, 3.8) is 0 Å². The number of rotatable bonds is 2. The van der Waals surface area contributed by atoms with Gasteiger partial charge in [0.25, 0.3) is 0 Å². The molecule has 0 aliphatic heterocycles. The van der Waals surface area contributed by atoms with Crippen molar-refractivity contribution in [2.75, 3.05) is 0 Å². The average molecular weight is 442 g/mol. The number of benzene rings is 1. The Balaban J connectivity index is 2.56. The Morgan fingerprint density at radius 1 is 1.24 bits per heavy atom. The Bertz CT molecular complexity index is 542. The number of phenols is 1. The average Bonchev–Trinajstić information content (AvgIpc) is 2.79. The van der Waals surface area contributed by atoms with E-state index in [1.54, 1.807) is 17.4 Å². The van der Waals surface area contributed by atoms with Gasteiger partial charge in [-0.1, -0.05) is 15.9 Å². The highest BCUT2D eigenvalue weighted by Crippen LogP contribution is 2.43. The summed E-state index contributed by atoms with van der Waals surface area (Å²) in [5.41, 5.74) is 8.06. The molecular formula is C11H8Br3NOS. The first-order valence-corrected chi connectivity index (χ1v) is 7.98. The molecule has 1 atom stereocenters. The molecule has 0 aliphatic carbocycles. The summed E-state index contributed by atoms with van der Waals surface area (Å²) in [5, 5.41) is 13.9. The number of thiophene rings is 1. The SMILES string of the molecule is N[C@@H](c1ccsc1)c1c(Br)cc(Br)c(O)c1Br. The molecule has 0 spiro atoms. The van der Waals surface area contributed by atoms with Crippen LogP contribution in [-0.2, 0) is 0 Å². The van der Waals surface area contributed by atoms with E-state index >= 15 is 0 Å². The van der Waals surface area contributed by atoms with Gasteiger partial charge in [-0.2, -0.15) is 11.3 Å². The van der Waals surface area contributed by atoms with E-state index in [-0.39, 0.29) is 11.8 Å². The highest BCUT2D eigenvalue weighted by molar-refractivity contribution is 9.11. The van der Waals surface area contributed by atoms with Gasteiger partial charge in [-0.05, 0) is 60.3 Å². The normalized spacial score (nSPS) is 12.7. The molecule has 1 heterocycles. The minimum atomic E-state index is -0.274. The Labute approximate surface area is 128 Å². The second kappa shape index (κ2) is 5.40. The standard InChI is InChI=1S/C11H8Br3NOS/c12-6-3-7(13)11(16)9(14)8(6)10(15)5-1-2-17-4-5/h1-4,10,16H,15H2/t10-/m0/s1. The van der Waals surface area contributed by atoms with Crippen molar-refractivity contribution in [3.8, 4) is 5.75 Å². The van der Waals surface area contributed by atoms with Crippen molar-refractivity contribution in [3.05, 3.63) is 47.4 Å². The van der Waals surface area contributed by atoms with Gasteiger partial charge in [0.1, 0.15) is 5.75 Å². The van der Waals surface area contributed by atoms with Gasteiger partial charge in [0.15, 0.2) is 0 Å². The molecule has 2 aromatic rings. The molecule has 6 heteroatoms. The summed E-state index contributed by atoms with van der Waals surface area (Å²) in [5.74, 6) is 0.161. The molecule has 0 saturated carbocycles. The zero-order chi connectivity index (χ0) is 12.6. The lowest BCUT2D eigenvalue weighted by Gasteiger charge is -2.16. The molecule has 0 aliphatic rings. The molecule has 0 radical (unpaired) electrons. The van der Waals surface area contributed by atoms with Crippen LogP contribution in [0.5, 0.6) is 5.75 Å². The van der Waals surface area contributed by atoms with Gasteiger partial charge < -0.3 is 10.8 Å². The van der Waals surface area contributed by atoms with E-state index in [1.807, 2.05) is 16.8 Å². The zero-order valence-corrected chi connectivity index (χ0v) is 14.0. The Morgan fingerprint density at radius 3 is 2.53 bits per heavy atom. The van der Waals surface area contributed by atoms with E-state index in [2.05, 4.69) is 47.8 Å². The molecule has 3 N–H and O–H groups in total. The molecule has 0 bridgehead atoms. The summed E-state index contributed by atoms with van der Waals surface area (Å²) < 4.78 is 2.09. The monoisotopic (exact) mass is 439 g/mol. The summed E-state index contributed by atoms with van der Waals surface area (Å²) >= 11 is 11.7. The van der Waals surface area contributed by atoms with Crippen molar-refractivity contribution in [1.82, 2.24) is 0 Å². The zero-order valence-electron chi connectivity index (χ0n) is 8.45. The fourth-order valence-electron chi connectivity index (χ4n) is 1.50. The third-order valence-corrected chi connectivity index (χ3v) is 5.16. The van der Waals surface area contributed by atoms with Crippen LogP contribution >= 0.6 is 59.1 Å². The van der Waals surface area contributed by atoms with Crippen LogP contribution in [0, 0.1) is 0 Å². The predicted octanol–water partition coefficient (Wildman–Crippen LogP) is 4.79. The molecule has 2 rings (SSSR count). The van der Waals surface area contributed by atoms with E-state index in [0.29, 0.717) is 8.95 Å². The second-order valence-corrected chi connectivity index (χ2v) is 6.73. The Kier molecular flexibility index (Phi) is 4.31. The van der Waals surface area contributed by atoms with Gasteiger partial charge >= 0.3 is 0 Å². The molecule has 17 heavy (non-hydrogen) atoms. The van der Waals surface area contributed by atoms with Crippen LogP contribution in [0.15, 0.2) is 36.3 Å². The summed E-state index contributed by atoms with van der Waals surface area (Å²) in [6.07, 6.45) is 0. The number of aromatic hydroxyl groups is 1. The van der Waals surface area contributed by atoms with Crippen molar-refractivity contribution in [2.24, 2.45) is 5.73 Å². The third kappa shape index (κ3) is 2.61. The molecule has 0 fully saturated rings. The summed E-state index contributed by atoms with van der Waals surface area (Å²) in [6.45, 7) is 0. The molecule has 2 nitrogen and oxygen atoms in total. The summed E-state index contributed by atoms with van der Waals surface area (Å²) in [4.78, 5) is 0. The number of nitrogens with two attached hydrogens (primary N) is 1. The van der Waals surface area contributed by atoms with E-state index in [0.717, 1.165) is 15.6 Å². The van der Waals surface area contributed by atoms with Crippen LogP contribution in [0.1, 0.15) is 17.2 Å². The molecule has 0 saturated heterocycles. The molecule has 1 aromatic heterocycles. The highest BCUT2D eigenvalue weighted by Gasteiger charge is 2.20. The molecular weight excluding hydrogens is 434 g/mol. The molecule has 1 aromatic carbocycles. The number of hydrogen-bond donors (Lipinski definition) is 2. The van der Waals surface area contributed by atoms with Crippen LogP contribution in [0.25, 0.3) is 0 Å². The van der Waals surface area contributed by atoms with Crippen LogP contribution in [0.4, 0.5) is 0 Å². The number of hydrogen-bond acceptors (Lipinski definition) is 3. The van der Waals surface area contributed by atoms with Gasteiger partial charge in [0.05, 0.1) is 15.0 Å². The number of halogens is 3. The van der Waals surface area contributed by atoms with Crippen molar-refractivity contribution >= 4 is 59.1 Å². The Morgan fingerprint density at radius 2 is 1.94 bits per heavy atom. The lowest BCUT2D eigenvalue weighted by atomic mass is 10.0. The van der Waals surface area contributed by atoms with Gasteiger partial charge in [-0.25, -0.2) is 0 Å². The largest absolute Gasteiger partial charge is 0.506 e. The first-order chi connectivity index (χ1) is 8.02. The molecule has 90 valence electrons. The lowest BCUT2D eigenvalue weighted by molar-refractivity contribution is 0.467. The minimum absolute atomic E-state index is 0.161. The maximum atomic E-state index is 9.89.